The van der Waals surface area contributed by atoms with Crippen molar-refractivity contribution in [3.05, 3.63) is 58.1 Å². The van der Waals surface area contributed by atoms with Crippen LogP contribution in [0.2, 0.25) is 0 Å². The topological polar surface area (TPSA) is 68.0 Å². The normalized spacial score (nSPS) is 10.5. The van der Waals surface area contributed by atoms with Gasteiger partial charge in [-0.3, -0.25) is 4.79 Å². The second kappa shape index (κ2) is 5.88. The molecule has 0 atom stereocenters. The summed E-state index contributed by atoms with van der Waals surface area (Å²) in [6.07, 6.45) is 0. The van der Waals surface area contributed by atoms with Gasteiger partial charge in [0, 0.05) is 5.56 Å². The number of rotatable bonds is 4. The highest BCUT2D eigenvalue weighted by Crippen LogP contribution is 2.19. The number of hydrogen-bond acceptors (Lipinski definition) is 5. The van der Waals surface area contributed by atoms with E-state index in [-0.39, 0.29) is 12.5 Å². The van der Waals surface area contributed by atoms with Crippen molar-refractivity contribution in [2.75, 3.05) is 0 Å². The number of aryl methyl sites for hydroxylation is 1. The molecule has 0 fully saturated rings. The first-order chi connectivity index (χ1) is 10.2. The molecule has 1 amide bonds. The Morgan fingerprint density at radius 2 is 2.14 bits per heavy atom. The predicted molar refractivity (Wildman–Crippen MR) is 80.0 cm³/mol. The molecule has 2 heterocycles. The van der Waals surface area contributed by atoms with Gasteiger partial charge in [-0.15, -0.1) is 11.3 Å². The lowest BCUT2D eigenvalue weighted by Gasteiger charge is -1.99. The molecule has 0 saturated carbocycles. The average Bonchev–Trinajstić information content (AvgIpc) is 3.17. The van der Waals surface area contributed by atoms with Crippen molar-refractivity contribution in [2.45, 2.75) is 13.5 Å². The van der Waals surface area contributed by atoms with Crippen molar-refractivity contribution in [2.24, 2.45) is 0 Å². The van der Waals surface area contributed by atoms with Gasteiger partial charge in [0.05, 0.1) is 11.4 Å². The molecule has 0 saturated heterocycles. The highest BCUT2D eigenvalue weighted by Gasteiger charge is 2.12. The fraction of sp³-hybridized carbons (Fsp3) is 0.133. The summed E-state index contributed by atoms with van der Waals surface area (Å²) < 4.78 is 5.17. The van der Waals surface area contributed by atoms with Gasteiger partial charge in [0.1, 0.15) is 0 Å². The summed E-state index contributed by atoms with van der Waals surface area (Å²) in [7, 11) is 0. The molecule has 3 rings (SSSR count). The summed E-state index contributed by atoms with van der Waals surface area (Å²) in [6.45, 7) is 2.21. The van der Waals surface area contributed by atoms with Gasteiger partial charge < -0.3 is 9.84 Å². The molecular formula is C15H13N3O2S. The van der Waals surface area contributed by atoms with E-state index in [0.717, 1.165) is 11.1 Å². The van der Waals surface area contributed by atoms with E-state index in [9.17, 15) is 4.79 Å². The van der Waals surface area contributed by atoms with Crippen molar-refractivity contribution >= 4 is 17.2 Å². The number of aromatic nitrogens is 2. The number of nitrogens with zero attached hydrogens (tertiary/aromatic N) is 2. The molecule has 6 heteroatoms. The molecular weight excluding hydrogens is 286 g/mol. The van der Waals surface area contributed by atoms with Gasteiger partial charge in [-0.1, -0.05) is 35.5 Å². The number of benzene rings is 1. The fourth-order valence-corrected chi connectivity index (χ4v) is 2.55. The number of nitrogens with one attached hydrogen (secondary N) is 1. The fourth-order valence-electron chi connectivity index (χ4n) is 1.91. The van der Waals surface area contributed by atoms with Crippen LogP contribution in [-0.2, 0) is 6.54 Å². The lowest BCUT2D eigenvalue weighted by atomic mass is 10.1. The Balaban J connectivity index is 1.69. The standard InChI is InChI=1S/C15H13N3O2S/c1-10-5-2-3-6-11(10)14-17-13(20-18-14)9-16-15(19)12-7-4-8-21-12/h2-8H,9H2,1H3,(H,16,19). The number of carbonyl (C=O) groups is 1. The average molecular weight is 299 g/mol. The molecule has 0 aliphatic heterocycles. The SMILES string of the molecule is Cc1ccccc1-c1noc(CNC(=O)c2cccs2)n1. The third-order valence-electron chi connectivity index (χ3n) is 3.00. The molecule has 3 aromatic rings. The minimum absolute atomic E-state index is 0.138. The summed E-state index contributed by atoms with van der Waals surface area (Å²) in [6, 6.07) is 11.4. The van der Waals surface area contributed by atoms with E-state index < -0.39 is 0 Å². The Kier molecular flexibility index (Phi) is 3.79. The minimum Gasteiger partial charge on any atom is -0.342 e. The molecule has 0 aliphatic rings. The van der Waals surface area contributed by atoms with E-state index in [1.165, 1.54) is 11.3 Å². The molecule has 106 valence electrons. The van der Waals surface area contributed by atoms with Crippen molar-refractivity contribution in [3.8, 4) is 11.4 Å². The van der Waals surface area contributed by atoms with Crippen molar-refractivity contribution in [3.63, 3.8) is 0 Å². The van der Waals surface area contributed by atoms with Gasteiger partial charge in [0.15, 0.2) is 0 Å². The molecule has 1 aromatic carbocycles. The third-order valence-corrected chi connectivity index (χ3v) is 3.87. The summed E-state index contributed by atoms with van der Waals surface area (Å²) in [5.74, 6) is 0.785. The van der Waals surface area contributed by atoms with Crippen molar-refractivity contribution in [1.82, 2.24) is 15.5 Å². The van der Waals surface area contributed by atoms with Crippen LogP contribution >= 0.6 is 11.3 Å². The van der Waals surface area contributed by atoms with Gasteiger partial charge in [0.25, 0.3) is 5.91 Å². The van der Waals surface area contributed by atoms with Gasteiger partial charge in [0.2, 0.25) is 11.7 Å². The molecule has 0 aliphatic carbocycles. The van der Waals surface area contributed by atoms with Crippen molar-refractivity contribution in [1.29, 1.82) is 0 Å². The Bertz CT molecular complexity index is 750. The monoisotopic (exact) mass is 299 g/mol. The Labute approximate surface area is 125 Å². The summed E-state index contributed by atoms with van der Waals surface area (Å²) in [5.41, 5.74) is 2.00. The lowest BCUT2D eigenvalue weighted by molar-refractivity contribution is 0.0950. The molecule has 1 N–H and O–H groups in total. The van der Waals surface area contributed by atoms with E-state index in [2.05, 4.69) is 15.5 Å². The molecule has 0 spiro atoms. The van der Waals surface area contributed by atoms with Crippen LogP contribution in [0.25, 0.3) is 11.4 Å². The van der Waals surface area contributed by atoms with E-state index in [4.69, 9.17) is 4.52 Å². The second-order valence-corrected chi connectivity index (χ2v) is 5.43. The maximum absolute atomic E-state index is 11.8. The van der Waals surface area contributed by atoms with Crippen molar-refractivity contribution < 1.29 is 9.32 Å². The lowest BCUT2D eigenvalue weighted by Crippen LogP contribution is -2.21. The summed E-state index contributed by atoms with van der Waals surface area (Å²) >= 11 is 1.39. The van der Waals surface area contributed by atoms with Gasteiger partial charge in [-0.2, -0.15) is 4.98 Å². The number of amides is 1. The van der Waals surface area contributed by atoms with Crippen LogP contribution in [0.4, 0.5) is 0 Å². The zero-order valence-electron chi connectivity index (χ0n) is 11.4. The Hall–Kier alpha value is -2.47. The van der Waals surface area contributed by atoms with Gasteiger partial charge in [-0.25, -0.2) is 0 Å². The first kappa shape index (κ1) is 13.5. The van der Waals surface area contributed by atoms with Gasteiger partial charge >= 0.3 is 0 Å². The van der Waals surface area contributed by atoms with E-state index in [0.29, 0.717) is 16.6 Å². The third kappa shape index (κ3) is 3.00. The van der Waals surface area contributed by atoms with Crippen LogP contribution in [-0.4, -0.2) is 16.0 Å². The first-order valence-corrected chi connectivity index (χ1v) is 7.32. The molecule has 2 aromatic heterocycles. The molecule has 0 bridgehead atoms. The van der Waals surface area contributed by atoms with Crippen LogP contribution in [0.5, 0.6) is 0 Å². The van der Waals surface area contributed by atoms with Crippen LogP contribution in [0.15, 0.2) is 46.3 Å². The Morgan fingerprint density at radius 3 is 2.90 bits per heavy atom. The maximum Gasteiger partial charge on any atom is 0.261 e. The highest BCUT2D eigenvalue weighted by atomic mass is 32.1. The van der Waals surface area contributed by atoms with Crippen LogP contribution in [0, 0.1) is 6.92 Å². The number of carbonyl (C=O) groups excluding carboxylic acids is 1. The van der Waals surface area contributed by atoms with Gasteiger partial charge in [-0.05, 0) is 23.9 Å². The number of thiophene rings is 1. The first-order valence-electron chi connectivity index (χ1n) is 6.44. The predicted octanol–water partition coefficient (Wildman–Crippen LogP) is 3.04. The van der Waals surface area contributed by atoms with Crippen LogP contribution in [0.1, 0.15) is 21.1 Å². The molecule has 0 radical (unpaired) electrons. The number of hydrogen-bond donors (Lipinski definition) is 1. The quantitative estimate of drug-likeness (QED) is 0.804. The zero-order chi connectivity index (χ0) is 14.7. The second-order valence-electron chi connectivity index (χ2n) is 4.49. The van der Waals surface area contributed by atoms with E-state index >= 15 is 0 Å². The highest BCUT2D eigenvalue weighted by molar-refractivity contribution is 7.12. The minimum atomic E-state index is -0.138. The summed E-state index contributed by atoms with van der Waals surface area (Å²) in [5, 5.41) is 8.57. The Morgan fingerprint density at radius 1 is 1.29 bits per heavy atom. The smallest absolute Gasteiger partial charge is 0.261 e. The molecule has 5 nitrogen and oxygen atoms in total. The zero-order valence-corrected chi connectivity index (χ0v) is 12.2. The molecule has 21 heavy (non-hydrogen) atoms. The van der Waals surface area contributed by atoms with E-state index in [1.54, 1.807) is 6.07 Å². The summed E-state index contributed by atoms with van der Waals surface area (Å²) in [4.78, 5) is 16.8. The maximum atomic E-state index is 11.8. The van der Waals surface area contributed by atoms with Crippen LogP contribution in [0.3, 0.4) is 0 Å². The largest absolute Gasteiger partial charge is 0.342 e. The van der Waals surface area contributed by atoms with E-state index in [1.807, 2.05) is 42.6 Å². The van der Waals surface area contributed by atoms with Crippen LogP contribution < -0.4 is 5.32 Å². The molecule has 0 unspecified atom stereocenters.